The van der Waals surface area contributed by atoms with E-state index in [-0.39, 0.29) is 22.3 Å². The zero-order valence-corrected chi connectivity index (χ0v) is 32.3. The molecule has 0 amide bonds. The first kappa shape index (κ1) is 36.0. The Labute approximate surface area is 298 Å². The third-order valence-electron chi connectivity index (χ3n) is 16.4. The van der Waals surface area contributed by atoms with Crippen LogP contribution in [0, 0.1) is 45.3 Å². The van der Waals surface area contributed by atoms with E-state index in [0.717, 1.165) is 32.6 Å². The van der Waals surface area contributed by atoms with Gasteiger partial charge in [-0.05, 0) is 133 Å². The van der Waals surface area contributed by atoms with Crippen LogP contribution in [0.1, 0.15) is 108 Å². The van der Waals surface area contributed by atoms with Crippen LogP contribution in [0.15, 0.2) is 30.3 Å². The summed E-state index contributed by atoms with van der Waals surface area (Å²) < 4.78 is 25.2. The summed E-state index contributed by atoms with van der Waals surface area (Å²) in [5.41, 5.74) is 4.46. The number of fused-ring (bicyclic) bond motifs is 7. The molecule has 274 valence electrons. The summed E-state index contributed by atoms with van der Waals surface area (Å²) in [4.78, 5) is 14.6. The van der Waals surface area contributed by atoms with Crippen LogP contribution in [0.25, 0.3) is 5.57 Å². The molecule has 5 fully saturated rings. The molecule has 49 heavy (non-hydrogen) atoms. The Hall–Kier alpha value is -1.42. The minimum atomic E-state index is -2.35. The Morgan fingerprint density at radius 3 is 2.31 bits per heavy atom. The molecule has 5 aliphatic carbocycles. The maximum atomic E-state index is 12.1. The molecule has 1 heterocycles. The summed E-state index contributed by atoms with van der Waals surface area (Å²) >= 11 is 0. The van der Waals surface area contributed by atoms with E-state index >= 15 is 0 Å². The lowest BCUT2D eigenvalue weighted by atomic mass is 9.33. The van der Waals surface area contributed by atoms with Crippen LogP contribution in [-0.2, 0) is 4.74 Å². The Morgan fingerprint density at radius 2 is 1.63 bits per heavy atom. The number of carbonyl (C=O) groups excluding carboxylic acids is 1. The molecule has 1 aromatic carbocycles. The molecule has 1 aromatic rings. The number of benzene rings is 1. The maximum absolute atomic E-state index is 12.1. The second-order valence-electron chi connectivity index (χ2n) is 18.4. The second kappa shape index (κ2) is 12.6. The normalized spacial score (nSPS) is 43.3. The zero-order valence-electron chi connectivity index (χ0n) is 31.4. The first-order valence-corrected chi connectivity index (χ1v) is 21.3. The van der Waals surface area contributed by atoms with Crippen molar-refractivity contribution < 1.29 is 18.6 Å². The monoisotopic (exact) mass is 695 g/mol. The minimum Gasteiger partial charge on any atom is -0.465 e. The number of esters is 1. The third kappa shape index (κ3) is 5.60. The average Bonchev–Trinajstić information content (AvgIpc) is 3.44. The SMILES string of the molecule is CN[C@@H]1CC[C@]2(NCCN3CCS(O)(O)CC3)CC[C@]3(C)[C@H](CC[C@@H]4[C@@]5(C)CC=C(c6ccc(C(=O)OC)cc6)C(C)(C)[C@@H]5CC[C@]43C)[C@@H]12. The van der Waals surface area contributed by atoms with Gasteiger partial charge in [0.1, 0.15) is 0 Å². The van der Waals surface area contributed by atoms with Gasteiger partial charge in [0.2, 0.25) is 0 Å². The van der Waals surface area contributed by atoms with Crippen LogP contribution in [0.5, 0.6) is 0 Å². The van der Waals surface area contributed by atoms with E-state index < -0.39 is 10.6 Å². The number of nitrogens with zero attached hydrogens (tertiary/aromatic N) is 1. The molecule has 4 N–H and O–H groups in total. The summed E-state index contributed by atoms with van der Waals surface area (Å²) in [5.74, 6) is 3.48. The van der Waals surface area contributed by atoms with Crippen molar-refractivity contribution in [3.05, 3.63) is 41.5 Å². The van der Waals surface area contributed by atoms with Crippen LogP contribution >= 0.6 is 10.6 Å². The van der Waals surface area contributed by atoms with Crippen molar-refractivity contribution in [2.45, 2.75) is 104 Å². The summed E-state index contributed by atoms with van der Waals surface area (Å²) in [6.45, 7) is 16.7. The van der Waals surface area contributed by atoms with Crippen LogP contribution < -0.4 is 10.6 Å². The number of allylic oxidation sites excluding steroid dienone is 2. The fourth-order valence-electron chi connectivity index (χ4n) is 13.7. The van der Waals surface area contributed by atoms with E-state index in [1.807, 2.05) is 12.1 Å². The van der Waals surface area contributed by atoms with Gasteiger partial charge in [0.25, 0.3) is 0 Å². The second-order valence-corrected chi connectivity index (χ2v) is 20.8. The smallest absolute Gasteiger partial charge is 0.337 e. The number of carbonyl (C=O) groups is 1. The van der Waals surface area contributed by atoms with Crippen LogP contribution in [-0.4, -0.2) is 83.4 Å². The molecule has 1 aliphatic heterocycles. The molecule has 7 nitrogen and oxygen atoms in total. The number of hydrogen-bond acceptors (Lipinski definition) is 7. The first-order valence-electron chi connectivity index (χ1n) is 19.4. The van der Waals surface area contributed by atoms with Gasteiger partial charge in [-0.15, -0.1) is 0 Å². The topological polar surface area (TPSA) is 94.1 Å². The Morgan fingerprint density at radius 1 is 0.918 bits per heavy atom. The fraction of sp³-hybridized carbons (Fsp3) is 0.780. The van der Waals surface area contributed by atoms with Gasteiger partial charge in [-0.1, -0.05) is 52.8 Å². The molecule has 6 aliphatic rings. The molecule has 8 heteroatoms. The van der Waals surface area contributed by atoms with Gasteiger partial charge in [-0.3, -0.25) is 14.0 Å². The van der Waals surface area contributed by atoms with E-state index in [2.05, 4.69) is 75.4 Å². The number of methoxy groups -OCH3 is 1. The molecular formula is C41H65N3O4S. The van der Waals surface area contributed by atoms with E-state index in [9.17, 15) is 13.9 Å². The molecule has 0 unspecified atom stereocenters. The Balaban J connectivity index is 1.12. The highest BCUT2D eigenvalue weighted by Gasteiger charge is 2.70. The summed E-state index contributed by atoms with van der Waals surface area (Å²) in [6, 6.07) is 8.68. The number of ether oxygens (including phenoxy) is 1. The molecular weight excluding hydrogens is 631 g/mol. The Bertz CT molecular complexity index is 1440. The predicted molar refractivity (Wildman–Crippen MR) is 202 cm³/mol. The van der Waals surface area contributed by atoms with E-state index in [1.54, 1.807) is 0 Å². The van der Waals surface area contributed by atoms with Crippen molar-refractivity contribution in [1.82, 2.24) is 15.5 Å². The highest BCUT2D eigenvalue weighted by Crippen LogP contribution is 2.76. The van der Waals surface area contributed by atoms with Crippen LogP contribution in [0.4, 0.5) is 0 Å². The molecule has 0 spiro atoms. The predicted octanol–water partition coefficient (Wildman–Crippen LogP) is 7.93. The van der Waals surface area contributed by atoms with Crippen molar-refractivity contribution in [2.24, 2.45) is 45.3 Å². The zero-order chi connectivity index (χ0) is 35.0. The lowest BCUT2D eigenvalue weighted by Gasteiger charge is -2.72. The lowest BCUT2D eigenvalue weighted by Crippen LogP contribution is -2.69. The summed E-state index contributed by atoms with van der Waals surface area (Å²) in [6.07, 6.45) is 14.1. The van der Waals surface area contributed by atoms with Crippen molar-refractivity contribution in [2.75, 3.05) is 51.8 Å². The molecule has 9 atom stereocenters. The fourth-order valence-corrected chi connectivity index (χ4v) is 15.0. The van der Waals surface area contributed by atoms with E-state index in [4.69, 9.17) is 4.74 Å². The van der Waals surface area contributed by atoms with Crippen molar-refractivity contribution >= 4 is 22.1 Å². The largest absolute Gasteiger partial charge is 0.465 e. The van der Waals surface area contributed by atoms with Gasteiger partial charge in [0.15, 0.2) is 0 Å². The highest BCUT2D eigenvalue weighted by atomic mass is 32.3. The number of hydrogen-bond donors (Lipinski definition) is 4. The Kier molecular flexibility index (Phi) is 9.26. The van der Waals surface area contributed by atoms with Crippen molar-refractivity contribution in [3.63, 3.8) is 0 Å². The molecule has 1 saturated heterocycles. The molecule has 7 rings (SSSR count). The van der Waals surface area contributed by atoms with Gasteiger partial charge >= 0.3 is 5.97 Å². The van der Waals surface area contributed by atoms with Gasteiger partial charge in [0.05, 0.1) is 24.2 Å². The quantitative estimate of drug-likeness (QED) is 0.215. The number of nitrogens with one attached hydrogen (secondary N) is 2. The maximum Gasteiger partial charge on any atom is 0.337 e. The summed E-state index contributed by atoms with van der Waals surface area (Å²) in [5, 5.41) is 8.06. The first-order chi connectivity index (χ1) is 23.1. The van der Waals surface area contributed by atoms with Gasteiger partial charge < -0.3 is 15.4 Å². The standard InChI is InChI=1S/C41H65N3O4S/c1-37(2)30(28-8-10-29(11-9-28)36(45)48-7)14-17-38(3)33(37)16-18-40(5)34(38)13-12-31-35-32(42-6)15-19-41(35,21-20-39(31,40)4)43-22-23-44-24-26-49(46,47)27-25-44/h8-11,14,31-35,42-43,46-47H,12-13,15-27H2,1-7H3/t31-,32-,33+,34-,35+,38+,39-,40-,41+/m1/s1. The van der Waals surface area contributed by atoms with Gasteiger partial charge in [-0.25, -0.2) is 4.79 Å². The molecule has 0 bridgehead atoms. The van der Waals surface area contributed by atoms with Gasteiger partial charge in [-0.2, -0.15) is 10.6 Å². The van der Waals surface area contributed by atoms with Crippen molar-refractivity contribution in [1.29, 1.82) is 0 Å². The molecule has 0 radical (unpaired) electrons. The molecule has 4 saturated carbocycles. The highest BCUT2D eigenvalue weighted by molar-refractivity contribution is 8.24. The van der Waals surface area contributed by atoms with Crippen LogP contribution in [0.3, 0.4) is 0 Å². The van der Waals surface area contributed by atoms with Gasteiger partial charge in [0, 0.05) is 37.8 Å². The number of rotatable bonds is 7. The van der Waals surface area contributed by atoms with E-state index in [0.29, 0.717) is 57.6 Å². The average molecular weight is 696 g/mol. The third-order valence-corrected chi connectivity index (χ3v) is 18.0. The minimum absolute atomic E-state index is 0.0543. The van der Waals surface area contributed by atoms with E-state index in [1.165, 1.54) is 69.6 Å². The molecule has 0 aromatic heterocycles. The summed E-state index contributed by atoms with van der Waals surface area (Å²) in [7, 11) is 1.30. The lowest BCUT2D eigenvalue weighted by molar-refractivity contribution is -0.218. The van der Waals surface area contributed by atoms with Crippen molar-refractivity contribution in [3.8, 4) is 0 Å². The van der Waals surface area contributed by atoms with Crippen LogP contribution in [0.2, 0.25) is 0 Å².